The smallest absolute Gasteiger partial charge is 0.171 e. The molecule has 2 heterocycles. The molecule has 21 heavy (non-hydrogen) atoms. The molecule has 0 saturated carbocycles. The van der Waals surface area contributed by atoms with Crippen molar-refractivity contribution in [3.63, 3.8) is 0 Å². The first-order chi connectivity index (χ1) is 10.2. The van der Waals surface area contributed by atoms with Crippen molar-refractivity contribution in [2.45, 2.75) is 6.92 Å². The van der Waals surface area contributed by atoms with E-state index in [9.17, 15) is 0 Å². The van der Waals surface area contributed by atoms with Crippen molar-refractivity contribution in [1.29, 1.82) is 0 Å². The summed E-state index contributed by atoms with van der Waals surface area (Å²) in [7, 11) is 0. The van der Waals surface area contributed by atoms with Gasteiger partial charge in [-0.25, -0.2) is 9.97 Å². The summed E-state index contributed by atoms with van der Waals surface area (Å²) < 4.78 is 0. The van der Waals surface area contributed by atoms with Gasteiger partial charge in [-0.3, -0.25) is 0 Å². The van der Waals surface area contributed by atoms with Crippen molar-refractivity contribution >= 4 is 44.6 Å². The maximum Gasteiger partial charge on any atom is 0.171 e. The van der Waals surface area contributed by atoms with Crippen LogP contribution in [0.25, 0.3) is 32.4 Å². The molecule has 0 spiro atoms. The predicted molar refractivity (Wildman–Crippen MR) is 90.1 cm³/mol. The molecule has 2 nitrogen and oxygen atoms in total. The van der Waals surface area contributed by atoms with Gasteiger partial charge in [-0.2, -0.15) is 0 Å². The Morgan fingerprint density at radius 2 is 1.81 bits per heavy atom. The standard InChI is InChI=1S/C17H11ClN2S/c1-10-8-9-21-15(10)17-19-14-12-5-3-2-4-11(12)6-7-13(14)16(18)20-17/h2-9H,1H3. The summed E-state index contributed by atoms with van der Waals surface area (Å²) in [5.41, 5.74) is 2.09. The lowest BCUT2D eigenvalue weighted by atomic mass is 10.1. The Balaban J connectivity index is 2.12. The van der Waals surface area contributed by atoms with E-state index in [2.05, 4.69) is 41.6 Å². The lowest BCUT2D eigenvalue weighted by molar-refractivity contribution is 1.24. The summed E-state index contributed by atoms with van der Waals surface area (Å²) in [6.45, 7) is 2.07. The minimum Gasteiger partial charge on any atom is -0.226 e. The highest BCUT2D eigenvalue weighted by Gasteiger charge is 2.12. The maximum absolute atomic E-state index is 6.39. The van der Waals surface area contributed by atoms with Crippen molar-refractivity contribution in [2.75, 3.05) is 0 Å². The summed E-state index contributed by atoms with van der Waals surface area (Å²) in [5, 5.41) is 5.72. The molecule has 102 valence electrons. The highest BCUT2D eigenvalue weighted by Crippen LogP contribution is 2.32. The van der Waals surface area contributed by atoms with Crippen molar-refractivity contribution in [3.05, 3.63) is 58.6 Å². The monoisotopic (exact) mass is 310 g/mol. The zero-order valence-electron chi connectivity index (χ0n) is 11.3. The van der Waals surface area contributed by atoms with E-state index in [1.165, 1.54) is 5.56 Å². The van der Waals surface area contributed by atoms with Gasteiger partial charge in [0.15, 0.2) is 5.82 Å². The summed E-state index contributed by atoms with van der Waals surface area (Å²) >= 11 is 8.03. The van der Waals surface area contributed by atoms with Crippen molar-refractivity contribution < 1.29 is 0 Å². The summed E-state index contributed by atoms with van der Waals surface area (Å²) in [5.74, 6) is 0.705. The number of benzene rings is 2. The van der Waals surface area contributed by atoms with Gasteiger partial charge in [0.2, 0.25) is 0 Å². The predicted octanol–water partition coefficient (Wildman–Crippen LogP) is 5.47. The normalized spacial score (nSPS) is 11.3. The number of fused-ring (bicyclic) bond motifs is 3. The lowest BCUT2D eigenvalue weighted by Gasteiger charge is -2.07. The van der Waals surface area contributed by atoms with Crippen LogP contribution in [0.4, 0.5) is 0 Å². The molecule has 0 N–H and O–H groups in total. The van der Waals surface area contributed by atoms with Gasteiger partial charge in [-0.1, -0.05) is 41.9 Å². The fourth-order valence-corrected chi connectivity index (χ4v) is 3.62. The molecule has 0 amide bonds. The van der Waals surface area contributed by atoms with E-state index < -0.39 is 0 Å². The Morgan fingerprint density at radius 1 is 0.952 bits per heavy atom. The van der Waals surface area contributed by atoms with Crippen LogP contribution in [0.15, 0.2) is 47.8 Å². The second kappa shape index (κ2) is 4.79. The largest absolute Gasteiger partial charge is 0.226 e. The first kappa shape index (κ1) is 12.7. The maximum atomic E-state index is 6.39. The number of halogens is 1. The summed E-state index contributed by atoms with van der Waals surface area (Å²) in [6.07, 6.45) is 0. The van der Waals surface area contributed by atoms with Crippen molar-refractivity contribution in [2.24, 2.45) is 0 Å². The number of aromatic nitrogens is 2. The Hall–Kier alpha value is -1.97. The number of hydrogen-bond donors (Lipinski definition) is 0. The number of aryl methyl sites for hydroxylation is 1. The third-order valence-electron chi connectivity index (χ3n) is 3.61. The van der Waals surface area contributed by atoms with Crippen LogP contribution in [0.5, 0.6) is 0 Å². The van der Waals surface area contributed by atoms with E-state index in [1.54, 1.807) is 11.3 Å². The average molecular weight is 311 g/mol. The molecular formula is C17H11ClN2S. The third-order valence-corrected chi connectivity index (χ3v) is 4.91. The molecule has 4 rings (SSSR count). The molecule has 2 aromatic heterocycles. The fraction of sp³-hybridized carbons (Fsp3) is 0.0588. The summed E-state index contributed by atoms with van der Waals surface area (Å²) in [4.78, 5) is 10.3. The zero-order chi connectivity index (χ0) is 14.4. The molecule has 0 saturated heterocycles. The van der Waals surface area contributed by atoms with Gasteiger partial charge in [0.25, 0.3) is 0 Å². The van der Waals surface area contributed by atoms with Crippen LogP contribution in [0.2, 0.25) is 5.15 Å². The molecule has 0 aliphatic rings. The zero-order valence-corrected chi connectivity index (χ0v) is 12.9. The molecule has 0 radical (unpaired) electrons. The number of rotatable bonds is 1. The quantitative estimate of drug-likeness (QED) is 0.344. The molecule has 0 unspecified atom stereocenters. The number of thiophene rings is 1. The van der Waals surface area contributed by atoms with E-state index in [0.717, 1.165) is 26.6 Å². The highest BCUT2D eigenvalue weighted by atomic mass is 35.5. The van der Waals surface area contributed by atoms with Crippen LogP contribution in [0.3, 0.4) is 0 Å². The van der Waals surface area contributed by atoms with Crippen molar-refractivity contribution in [1.82, 2.24) is 9.97 Å². The van der Waals surface area contributed by atoms with Crippen LogP contribution in [-0.4, -0.2) is 9.97 Å². The lowest BCUT2D eigenvalue weighted by Crippen LogP contribution is -1.92. The van der Waals surface area contributed by atoms with Crippen LogP contribution >= 0.6 is 22.9 Å². The van der Waals surface area contributed by atoms with E-state index in [-0.39, 0.29) is 0 Å². The van der Waals surface area contributed by atoms with E-state index >= 15 is 0 Å². The molecule has 2 aromatic carbocycles. The van der Waals surface area contributed by atoms with Crippen LogP contribution in [-0.2, 0) is 0 Å². The molecule has 0 fully saturated rings. The minimum atomic E-state index is 0.508. The number of nitrogens with zero attached hydrogens (tertiary/aromatic N) is 2. The van der Waals surface area contributed by atoms with Gasteiger partial charge in [-0.15, -0.1) is 11.3 Å². The van der Waals surface area contributed by atoms with Gasteiger partial charge in [0.05, 0.1) is 10.4 Å². The second-order valence-corrected chi connectivity index (χ2v) is 6.23. The van der Waals surface area contributed by atoms with E-state index in [4.69, 9.17) is 16.6 Å². The minimum absolute atomic E-state index is 0.508. The number of hydrogen-bond acceptors (Lipinski definition) is 3. The summed E-state index contributed by atoms with van der Waals surface area (Å²) in [6, 6.07) is 14.3. The Labute approximate surface area is 131 Å². The third kappa shape index (κ3) is 2.01. The van der Waals surface area contributed by atoms with Gasteiger partial charge in [0.1, 0.15) is 5.15 Å². The Bertz CT molecular complexity index is 975. The van der Waals surface area contributed by atoms with Gasteiger partial charge >= 0.3 is 0 Å². The molecule has 0 bridgehead atoms. The first-order valence-corrected chi connectivity index (χ1v) is 7.89. The molecule has 0 atom stereocenters. The molecular weight excluding hydrogens is 300 g/mol. The SMILES string of the molecule is Cc1ccsc1-c1nc(Cl)c2ccc3ccccc3c2n1. The van der Waals surface area contributed by atoms with Crippen LogP contribution < -0.4 is 0 Å². The highest BCUT2D eigenvalue weighted by molar-refractivity contribution is 7.13. The van der Waals surface area contributed by atoms with Crippen LogP contribution in [0.1, 0.15) is 5.56 Å². The topological polar surface area (TPSA) is 25.8 Å². The average Bonchev–Trinajstić information content (AvgIpc) is 2.93. The molecule has 4 aromatic rings. The Kier molecular flexibility index (Phi) is 2.91. The van der Waals surface area contributed by atoms with Gasteiger partial charge in [0, 0.05) is 10.8 Å². The van der Waals surface area contributed by atoms with Crippen LogP contribution in [0, 0.1) is 6.92 Å². The second-order valence-electron chi connectivity index (χ2n) is 4.95. The van der Waals surface area contributed by atoms with Gasteiger partial charge < -0.3 is 0 Å². The van der Waals surface area contributed by atoms with Crippen molar-refractivity contribution in [3.8, 4) is 10.7 Å². The van der Waals surface area contributed by atoms with E-state index in [0.29, 0.717) is 11.0 Å². The fourth-order valence-electron chi connectivity index (χ4n) is 2.53. The Morgan fingerprint density at radius 3 is 2.62 bits per heavy atom. The molecule has 4 heteroatoms. The van der Waals surface area contributed by atoms with Gasteiger partial charge in [-0.05, 0) is 35.4 Å². The molecule has 0 aliphatic carbocycles. The molecule has 0 aliphatic heterocycles. The van der Waals surface area contributed by atoms with E-state index in [1.807, 2.05) is 18.2 Å². The first-order valence-electron chi connectivity index (χ1n) is 6.63.